The minimum atomic E-state index is 0.645. The van der Waals surface area contributed by atoms with Crippen LogP contribution in [0.4, 0.5) is 0 Å². The van der Waals surface area contributed by atoms with Gasteiger partial charge in [-0.2, -0.15) is 0 Å². The molecule has 0 aliphatic heterocycles. The van der Waals surface area contributed by atoms with Crippen LogP contribution in [-0.4, -0.2) is 17.9 Å². The van der Waals surface area contributed by atoms with Gasteiger partial charge in [0.1, 0.15) is 10.8 Å². The van der Waals surface area contributed by atoms with Crippen LogP contribution in [0.25, 0.3) is 10.6 Å². The van der Waals surface area contributed by atoms with Crippen molar-refractivity contribution in [2.75, 3.05) is 6.61 Å². The summed E-state index contributed by atoms with van der Waals surface area (Å²) in [5, 5.41) is 0.856. The van der Waals surface area contributed by atoms with Gasteiger partial charge in [-0.05, 0) is 30.7 Å². The lowest BCUT2D eigenvalue weighted by molar-refractivity contribution is 0.112. The van der Waals surface area contributed by atoms with E-state index in [0.29, 0.717) is 4.88 Å². The van der Waals surface area contributed by atoms with Crippen molar-refractivity contribution in [1.82, 2.24) is 4.98 Å². The molecule has 0 atom stereocenters. The van der Waals surface area contributed by atoms with E-state index in [9.17, 15) is 4.79 Å². The minimum Gasteiger partial charge on any atom is -0.494 e. The summed E-state index contributed by atoms with van der Waals surface area (Å²) in [7, 11) is 0. The third-order valence-electron chi connectivity index (χ3n) is 2.21. The Hall–Kier alpha value is -1.68. The number of carbonyl (C=O) groups is 1. The van der Waals surface area contributed by atoms with Crippen LogP contribution in [0.5, 0.6) is 5.75 Å². The number of hydrogen-bond acceptors (Lipinski definition) is 4. The number of hydrogen-bond donors (Lipinski definition) is 0. The van der Waals surface area contributed by atoms with Crippen molar-refractivity contribution in [2.45, 2.75) is 13.3 Å². The molecule has 0 bridgehead atoms. The molecule has 2 aromatic rings. The maximum Gasteiger partial charge on any atom is 0.161 e. The highest BCUT2D eigenvalue weighted by atomic mass is 32.1. The van der Waals surface area contributed by atoms with Crippen molar-refractivity contribution in [1.29, 1.82) is 0 Å². The standard InChI is InChI=1S/C13H13NO2S/c1-2-7-16-11-5-3-10(4-6-11)13-14-8-12(9-15)17-13/h3-6,8-9H,2,7H2,1H3. The van der Waals surface area contributed by atoms with Crippen LogP contribution in [0.3, 0.4) is 0 Å². The van der Waals surface area contributed by atoms with E-state index < -0.39 is 0 Å². The van der Waals surface area contributed by atoms with Gasteiger partial charge in [0.2, 0.25) is 0 Å². The second-order valence-electron chi connectivity index (χ2n) is 3.56. The van der Waals surface area contributed by atoms with Crippen LogP contribution in [-0.2, 0) is 0 Å². The van der Waals surface area contributed by atoms with E-state index in [1.807, 2.05) is 24.3 Å². The lowest BCUT2D eigenvalue weighted by Crippen LogP contribution is -1.94. The second-order valence-corrected chi connectivity index (χ2v) is 4.62. The molecule has 0 aliphatic carbocycles. The monoisotopic (exact) mass is 247 g/mol. The van der Waals surface area contributed by atoms with Crippen LogP contribution >= 0.6 is 11.3 Å². The van der Waals surface area contributed by atoms with Crippen molar-refractivity contribution in [3.05, 3.63) is 35.3 Å². The lowest BCUT2D eigenvalue weighted by Gasteiger charge is -2.04. The van der Waals surface area contributed by atoms with Gasteiger partial charge < -0.3 is 4.74 Å². The molecular formula is C13H13NO2S. The van der Waals surface area contributed by atoms with Gasteiger partial charge >= 0.3 is 0 Å². The van der Waals surface area contributed by atoms with Gasteiger partial charge in [-0.25, -0.2) is 4.98 Å². The Morgan fingerprint density at radius 2 is 2.12 bits per heavy atom. The highest BCUT2D eigenvalue weighted by molar-refractivity contribution is 7.16. The average Bonchev–Trinajstić information content (AvgIpc) is 2.86. The highest BCUT2D eigenvalue weighted by Crippen LogP contribution is 2.26. The zero-order valence-electron chi connectivity index (χ0n) is 9.55. The van der Waals surface area contributed by atoms with Crippen LogP contribution < -0.4 is 4.74 Å². The van der Waals surface area contributed by atoms with Gasteiger partial charge in [0.15, 0.2) is 6.29 Å². The molecule has 88 valence electrons. The topological polar surface area (TPSA) is 39.2 Å². The summed E-state index contributed by atoms with van der Waals surface area (Å²) in [5.41, 5.74) is 1.01. The van der Waals surface area contributed by atoms with Gasteiger partial charge in [0.25, 0.3) is 0 Å². The first-order valence-corrected chi connectivity index (χ1v) is 6.29. The van der Waals surface area contributed by atoms with Crippen molar-refractivity contribution < 1.29 is 9.53 Å². The number of ether oxygens (including phenoxy) is 1. The van der Waals surface area contributed by atoms with Crippen LogP contribution in [0.1, 0.15) is 23.0 Å². The summed E-state index contributed by atoms with van der Waals surface area (Å²) in [5.74, 6) is 0.864. The van der Waals surface area contributed by atoms with Crippen molar-refractivity contribution >= 4 is 17.6 Å². The first-order valence-electron chi connectivity index (χ1n) is 5.47. The van der Waals surface area contributed by atoms with Gasteiger partial charge in [-0.15, -0.1) is 11.3 Å². The zero-order valence-corrected chi connectivity index (χ0v) is 10.4. The molecule has 17 heavy (non-hydrogen) atoms. The Morgan fingerprint density at radius 3 is 2.71 bits per heavy atom. The fourth-order valence-electron chi connectivity index (χ4n) is 1.39. The summed E-state index contributed by atoms with van der Waals surface area (Å²) in [6, 6.07) is 7.76. The van der Waals surface area contributed by atoms with E-state index >= 15 is 0 Å². The van der Waals surface area contributed by atoms with Crippen LogP contribution in [0.15, 0.2) is 30.5 Å². The Balaban J connectivity index is 2.14. The van der Waals surface area contributed by atoms with E-state index in [-0.39, 0.29) is 0 Å². The lowest BCUT2D eigenvalue weighted by atomic mass is 10.2. The maximum atomic E-state index is 10.6. The summed E-state index contributed by atoms with van der Waals surface area (Å²) in [6.07, 6.45) is 3.41. The van der Waals surface area contributed by atoms with Gasteiger partial charge in [-0.3, -0.25) is 4.79 Å². The SMILES string of the molecule is CCCOc1ccc(-c2ncc(C=O)s2)cc1. The molecule has 0 radical (unpaired) electrons. The molecule has 3 nitrogen and oxygen atoms in total. The first kappa shape index (κ1) is 11.8. The van der Waals surface area contributed by atoms with E-state index in [0.717, 1.165) is 35.6 Å². The Kier molecular flexibility index (Phi) is 3.88. The maximum absolute atomic E-state index is 10.6. The molecule has 2 rings (SSSR count). The molecule has 1 aromatic heterocycles. The largest absolute Gasteiger partial charge is 0.494 e. The summed E-state index contributed by atoms with van der Waals surface area (Å²) < 4.78 is 5.50. The fraction of sp³-hybridized carbons (Fsp3) is 0.231. The van der Waals surface area contributed by atoms with E-state index in [1.54, 1.807) is 6.20 Å². The predicted molar refractivity (Wildman–Crippen MR) is 68.7 cm³/mol. The zero-order chi connectivity index (χ0) is 12.1. The molecule has 0 aliphatic rings. The molecule has 0 fully saturated rings. The Labute approximate surface area is 104 Å². The number of thiazole rings is 1. The average molecular weight is 247 g/mol. The van der Waals surface area contributed by atoms with Gasteiger partial charge in [-0.1, -0.05) is 6.92 Å². The molecule has 0 N–H and O–H groups in total. The highest BCUT2D eigenvalue weighted by Gasteiger charge is 2.04. The smallest absolute Gasteiger partial charge is 0.161 e. The molecule has 0 saturated heterocycles. The number of benzene rings is 1. The van der Waals surface area contributed by atoms with E-state index in [4.69, 9.17) is 4.74 Å². The number of aldehydes is 1. The van der Waals surface area contributed by atoms with E-state index in [1.165, 1.54) is 11.3 Å². The molecule has 1 aromatic carbocycles. The van der Waals surface area contributed by atoms with Crippen LogP contribution in [0.2, 0.25) is 0 Å². The third kappa shape index (κ3) is 2.91. The summed E-state index contributed by atoms with van der Waals surface area (Å²) in [6.45, 7) is 2.80. The summed E-state index contributed by atoms with van der Waals surface area (Å²) in [4.78, 5) is 15.4. The third-order valence-corrected chi connectivity index (χ3v) is 3.19. The van der Waals surface area contributed by atoms with Crippen molar-refractivity contribution in [2.24, 2.45) is 0 Å². The Bertz CT molecular complexity index is 490. The summed E-state index contributed by atoms with van der Waals surface area (Å²) >= 11 is 1.39. The fourth-order valence-corrected chi connectivity index (χ4v) is 2.12. The van der Waals surface area contributed by atoms with Crippen molar-refractivity contribution in [3.8, 4) is 16.3 Å². The van der Waals surface area contributed by atoms with Gasteiger partial charge in [0.05, 0.1) is 11.5 Å². The normalized spacial score (nSPS) is 10.2. The van der Waals surface area contributed by atoms with E-state index in [2.05, 4.69) is 11.9 Å². The molecule has 0 amide bonds. The quantitative estimate of drug-likeness (QED) is 0.760. The number of rotatable bonds is 5. The Morgan fingerprint density at radius 1 is 1.35 bits per heavy atom. The number of aromatic nitrogens is 1. The van der Waals surface area contributed by atoms with Crippen molar-refractivity contribution in [3.63, 3.8) is 0 Å². The first-order chi connectivity index (χ1) is 8.33. The molecule has 4 heteroatoms. The van der Waals surface area contributed by atoms with Gasteiger partial charge in [0, 0.05) is 11.8 Å². The molecule has 0 unspecified atom stereocenters. The van der Waals surface area contributed by atoms with Crippen LogP contribution in [0, 0.1) is 0 Å². The number of carbonyl (C=O) groups excluding carboxylic acids is 1. The molecule has 0 saturated carbocycles. The molecular weight excluding hydrogens is 234 g/mol. The predicted octanol–water partition coefficient (Wildman–Crippen LogP) is 3.41. The second kappa shape index (κ2) is 5.59. The molecule has 0 spiro atoms. The minimum absolute atomic E-state index is 0.645. The molecule has 1 heterocycles. The number of nitrogens with zero attached hydrogens (tertiary/aromatic N) is 1.